The molecule has 0 fully saturated rings. The Bertz CT molecular complexity index is 1350. The molecule has 0 unspecified atom stereocenters. The van der Waals surface area contributed by atoms with E-state index in [4.69, 9.17) is 4.98 Å². The Morgan fingerprint density at radius 2 is 1.73 bits per heavy atom. The molecule has 0 aliphatic carbocycles. The highest BCUT2D eigenvalue weighted by Crippen LogP contribution is 2.33. The molecule has 2 aromatic heterocycles. The van der Waals surface area contributed by atoms with Crippen LogP contribution in [0.3, 0.4) is 0 Å². The smallest absolute Gasteiger partial charge is 0.191 e. The largest absolute Gasteiger partial charge is 0.302 e. The van der Waals surface area contributed by atoms with Gasteiger partial charge in [-0.3, -0.25) is 0 Å². The number of hydrogen-bond donors (Lipinski definition) is 0. The summed E-state index contributed by atoms with van der Waals surface area (Å²) < 4.78 is 25.3. The van der Waals surface area contributed by atoms with E-state index >= 15 is 0 Å². The van der Waals surface area contributed by atoms with Gasteiger partial charge in [0.1, 0.15) is 9.84 Å². The number of fused-ring (bicyclic) bond motifs is 1. The molecule has 0 aliphatic rings. The first-order valence-corrected chi connectivity index (χ1v) is 14.1. The molecule has 8 heteroatoms. The first-order valence-electron chi connectivity index (χ1n) is 11.0. The van der Waals surface area contributed by atoms with Crippen molar-refractivity contribution in [3.05, 3.63) is 60.7 Å². The highest BCUT2D eigenvalue weighted by Gasteiger charge is 2.19. The van der Waals surface area contributed by atoms with Crippen LogP contribution in [0.1, 0.15) is 20.3 Å². The quantitative estimate of drug-likeness (QED) is 0.301. The summed E-state index contributed by atoms with van der Waals surface area (Å²) >= 11 is 1.44. The van der Waals surface area contributed by atoms with E-state index in [9.17, 15) is 8.42 Å². The third kappa shape index (κ3) is 5.81. The lowest BCUT2D eigenvalue weighted by molar-refractivity contribution is 0.498. The van der Waals surface area contributed by atoms with Gasteiger partial charge in [-0.25, -0.2) is 13.4 Å². The third-order valence-corrected chi connectivity index (χ3v) is 7.53. The highest BCUT2D eigenvalue weighted by atomic mass is 32.2. The molecule has 2 heterocycles. The summed E-state index contributed by atoms with van der Waals surface area (Å²) in [6.45, 7) is 5.14. The summed E-state index contributed by atoms with van der Waals surface area (Å²) in [6.07, 6.45) is 2.23. The topological polar surface area (TPSA) is 77.7 Å². The molecular weight excluding hydrogens is 452 g/mol. The van der Waals surface area contributed by atoms with Gasteiger partial charge in [0.15, 0.2) is 11.0 Å². The number of para-hydroxylation sites is 1. The monoisotopic (exact) mass is 480 g/mol. The van der Waals surface area contributed by atoms with E-state index in [1.165, 1.54) is 18.0 Å². The first kappa shape index (κ1) is 23.4. The van der Waals surface area contributed by atoms with E-state index in [-0.39, 0.29) is 5.75 Å². The Labute approximate surface area is 199 Å². The van der Waals surface area contributed by atoms with Crippen LogP contribution in [0, 0.1) is 5.92 Å². The molecule has 0 radical (unpaired) electrons. The van der Waals surface area contributed by atoms with Crippen LogP contribution in [0.5, 0.6) is 0 Å². The zero-order valence-corrected chi connectivity index (χ0v) is 20.7. The van der Waals surface area contributed by atoms with Gasteiger partial charge in [-0.15, -0.1) is 10.2 Å². The fourth-order valence-electron chi connectivity index (χ4n) is 3.59. The van der Waals surface area contributed by atoms with Gasteiger partial charge >= 0.3 is 0 Å². The van der Waals surface area contributed by atoms with Crippen molar-refractivity contribution in [1.82, 2.24) is 19.7 Å². The number of aromatic nitrogens is 4. The van der Waals surface area contributed by atoms with E-state index in [1.807, 2.05) is 36.4 Å². The number of nitrogens with zero attached hydrogens (tertiary/aromatic N) is 4. The molecule has 0 bridgehead atoms. The van der Waals surface area contributed by atoms with Crippen LogP contribution in [0.2, 0.25) is 0 Å². The van der Waals surface area contributed by atoms with Gasteiger partial charge in [0.25, 0.3) is 0 Å². The third-order valence-electron chi connectivity index (χ3n) is 5.36. The van der Waals surface area contributed by atoms with Gasteiger partial charge in [0.2, 0.25) is 0 Å². The SMILES string of the molecule is CC(C)CCn1c(SCCS(C)(=O)=O)nnc1-c1cc(-c2ccccc2)nc2ccccc12. The molecule has 2 aromatic carbocycles. The maximum Gasteiger partial charge on any atom is 0.191 e. The number of hydrogen-bond acceptors (Lipinski definition) is 6. The van der Waals surface area contributed by atoms with Crippen molar-refractivity contribution in [2.24, 2.45) is 5.92 Å². The van der Waals surface area contributed by atoms with Gasteiger partial charge in [0.05, 0.1) is 17.0 Å². The lowest BCUT2D eigenvalue weighted by atomic mass is 10.0. The zero-order chi connectivity index (χ0) is 23.4. The second kappa shape index (κ2) is 10.1. The molecule has 6 nitrogen and oxygen atoms in total. The van der Waals surface area contributed by atoms with Gasteiger partial charge in [0, 0.05) is 35.1 Å². The minimum Gasteiger partial charge on any atom is -0.302 e. The normalized spacial score (nSPS) is 12.0. The number of rotatable bonds is 9. The fourth-order valence-corrected chi connectivity index (χ4v) is 5.74. The highest BCUT2D eigenvalue weighted by molar-refractivity contribution is 8.00. The lowest BCUT2D eigenvalue weighted by Crippen LogP contribution is -2.08. The summed E-state index contributed by atoms with van der Waals surface area (Å²) in [6, 6.07) is 20.3. The van der Waals surface area contributed by atoms with E-state index < -0.39 is 9.84 Å². The minimum atomic E-state index is -3.03. The fraction of sp³-hybridized carbons (Fsp3) is 0.320. The number of pyridine rings is 1. The Kier molecular flexibility index (Phi) is 7.14. The Hall–Kier alpha value is -2.71. The van der Waals surface area contributed by atoms with Crippen molar-refractivity contribution in [2.75, 3.05) is 17.8 Å². The van der Waals surface area contributed by atoms with E-state index in [1.54, 1.807) is 0 Å². The molecule has 0 atom stereocenters. The molecule has 0 aliphatic heterocycles. The second-order valence-electron chi connectivity index (χ2n) is 8.56. The van der Waals surface area contributed by atoms with Crippen LogP contribution >= 0.6 is 11.8 Å². The van der Waals surface area contributed by atoms with E-state index in [0.29, 0.717) is 11.7 Å². The van der Waals surface area contributed by atoms with E-state index in [2.05, 4.69) is 52.9 Å². The predicted octanol–water partition coefficient (Wildman–Crippen LogP) is 5.34. The van der Waals surface area contributed by atoms with Crippen molar-refractivity contribution in [3.8, 4) is 22.6 Å². The summed E-state index contributed by atoms with van der Waals surface area (Å²) in [5, 5.41) is 10.8. The van der Waals surface area contributed by atoms with Crippen LogP contribution in [0.4, 0.5) is 0 Å². The Morgan fingerprint density at radius 3 is 2.45 bits per heavy atom. The molecule has 0 saturated heterocycles. The van der Waals surface area contributed by atoms with Crippen molar-refractivity contribution >= 4 is 32.5 Å². The van der Waals surface area contributed by atoms with Crippen LogP contribution in [0.25, 0.3) is 33.5 Å². The average Bonchev–Trinajstić information content (AvgIpc) is 3.19. The van der Waals surface area contributed by atoms with Gasteiger partial charge < -0.3 is 4.57 Å². The molecule has 4 rings (SSSR count). The van der Waals surface area contributed by atoms with Gasteiger partial charge in [-0.05, 0) is 24.5 Å². The maximum atomic E-state index is 11.6. The molecule has 0 amide bonds. The molecule has 0 spiro atoms. The minimum absolute atomic E-state index is 0.111. The molecular formula is C25H28N4O2S2. The summed E-state index contributed by atoms with van der Waals surface area (Å²) in [4.78, 5) is 4.89. The predicted molar refractivity (Wildman–Crippen MR) is 136 cm³/mol. The summed E-state index contributed by atoms with van der Waals surface area (Å²) in [5.74, 6) is 1.86. The average molecular weight is 481 g/mol. The van der Waals surface area contributed by atoms with Gasteiger partial charge in [-0.1, -0.05) is 74.1 Å². The summed E-state index contributed by atoms with van der Waals surface area (Å²) in [5.41, 5.74) is 3.80. The van der Waals surface area contributed by atoms with E-state index in [0.717, 1.165) is 51.7 Å². The number of thioether (sulfide) groups is 1. The van der Waals surface area contributed by atoms with Crippen LogP contribution in [-0.2, 0) is 16.4 Å². The maximum absolute atomic E-state index is 11.6. The van der Waals surface area contributed by atoms with Crippen LogP contribution < -0.4 is 0 Å². The molecule has 4 aromatic rings. The second-order valence-corrected chi connectivity index (χ2v) is 11.9. The van der Waals surface area contributed by atoms with Crippen molar-refractivity contribution in [3.63, 3.8) is 0 Å². The van der Waals surface area contributed by atoms with Crippen LogP contribution in [0.15, 0.2) is 65.8 Å². The molecule has 33 heavy (non-hydrogen) atoms. The first-order chi connectivity index (χ1) is 15.8. The lowest BCUT2D eigenvalue weighted by Gasteiger charge is -2.14. The van der Waals surface area contributed by atoms with Gasteiger partial charge in [-0.2, -0.15) is 0 Å². The standard InChI is InChI=1S/C25H28N4O2S2/c1-18(2)13-14-29-24(27-28-25(29)32-15-16-33(3,30)31)21-17-23(19-9-5-4-6-10-19)26-22-12-8-7-11-20(21)22/h4-12,17-18H,13-16H2,1-3H3. The van der Waals surface area contributed by atoms with Crippen molar-refractivity contribution in [2.45, 2.75) is 32.0 Å². The van der Waals surface area contributed by atoms with Crippen molar-refractivity contribution in [1.29, 1.82) is 0 Å². The number of benzene rings is 2. The zero-order valence-electron chi connectivity index (χ0n) is 19.1. The Morgan fingerprint density at radius 1 is 1.00 bits per heavy atom. The molecule has 172 valence electrons. The molecule has 0 N–H and O–H groups in total. The Balaban J connectivity index is 1.82. The van der Waals surface area contributed by atoms with Crippen LogP contribution in [-0.4, -0.2) is 45.9 Å². The molecule has 0 saturated carbocycles. The van der Waals surface area contributed by atoms with Crippen molar-refractivity contribution < 1.29 is 8.42 Å². The summed E-state index contributed by atoms with van der Waals surface area (Å²) in [7, 11) is -3.03. The number of sulfone groups is 1.